The van der Waals surface area contributed by atoms with Crippen LogP contribution in [-0.4, -0.2) is 34.0 Å². The number of aromatic nitrogens is 2. The molecule has 3 rings (SSSR count). The van der Waals surface area contributed by atoms with Gasteiger partial charge in [-0.05, 0) is 43.5 Å². The molecular formula is C19H24ClN3O2. The predicted octanol–water partition coefficient (Wildman–Crippen LogP) is 4.68. The Balaban J connectivity index is 1.63. The van der Waals surface area contributed by atoms with Gasteiger partial charge >= 0.3 is 0 Å². The largest absolute Gasteiger partial charge is 0.342 e. The molecule has 1 amide bonds. The number of amides is 1. The van der Waals surface area contributed by atoms with Gasteiger partial charge < -0.3 is 9.42 Å². The molecule has 25 heavy (non-hydrogen) atoms. The van der Waals surface area contributed by atoms with Crippen LogP contribution in [0.25, 0.3) is 11.4 Å². The third-order valence-electron chi connectivity index (χ3n) is 4.66. The summed E-state index contributed by atoms with van der Waals surface area (Å²) in [6.07, 6.45) is 5.80. The molecule has 0 spiro atoms. The molecule has 1 atom stereocenters. The molecule has 5 nitrogen and oxygen atoms in total. The average molecular weight is 362 g/mol. The number of piperidine rings is 1. The summed E-state index contributed by atoms with van der Waals surface area (Å²) >= 11 is 5.92. The molecule has 134 valence electrons. The Morgan fingerprint density at radius 3 is 2.88 bits per heavy atom. The van der Waals surface area contributed by atoms with Gasteiger partial charge in [-0.2, -0.15) is 4.98 Å². The van der Waals surface area contributed by atoms with Gasteiger partial charge in [0.1, 0.15) is 0 Å². The van der Waals surface area contributed by atoms with E-state index in [-0.39, 0.29) is 11.8 Å². The molecule has 0 N–H and O–H groups in total. The summed E-state index contributed by atoms with van der Waals surface area (Å²) < 4.78 is 5.48. The van der Waals surface area contributed by atoms with Gasteiger partial charge in [-0.3, -0.25) is 4.79 Å². The molecule has 2 aromatic rings. The van der Waals surface area contributed by atoms with E-state index in [1.165, 1.54) is 0 Å². The highest BCUT2D eigenvalue weighted by atomic mass is 35.5. The minimum Gasteiger partial charge on any atom is -0.342 e. The fraction of sp³-hybridized carbons (Fsp3) is 0.526. The Morgan fingerprint density at radius 2 is 2.12 bits per heavy atom. The molecule has 1 unspecified atom stereocenters. The van der Waals surface area contributed by atoms with Crippen LogP contribution >= 0.6 is 11.6 Å². The average Bonchev–Trinajstić information content (AvgIpc) is 3.13. The molecule has 1 aromatic heterocycles. The van der Waals surface area contributed by atoms with Gasteiger partial charge in [0.05, 0.1) is 5.92 Å². The fourth-order valence-electron chi connectivity index (χ4n) is 3.21. The zero-order chi connectivity index (χ0) is 17.6. The quantitative estimate of drug-likeness (QED) is 0.701. The van der Waals surface area contributed by atoms with Gasteiger partial charge in [0.2, 0.25) is 17.6 Å². The molecule has 0 bridgehead atoms. The number of likely N-dealkylation sites (tertiary alicyclic amines) is 1. The maximum absolute atomic E-state index is 12.4. The van der Waals surface area contributed by atoms with Gasteiger partial charge in [-0.15, -0.1) is 0 Å². The second-order valence-corrected chi connectivity index (χ2v) is 7.04. The molecule has 0 radical (unpaired) electrons. The summed E-state index contributed by atoms with van der Waals surface area (Å²) in [5, 5.41) is 4.77. The van der Waals surface area contributed by atoms with Crippen molar-refractivity contribution >= 4 is 17.5 Å². The molecule has 0 saturated carbocycles. The van der Waals surface area contributed by atoms with Crippen molar-refractivity contribution in [3.63, 3.8) is 0 Å². The number of nitrogens with zero attached hydrogens (tertiary/aromatic N) is 3. The highest BCUT2D eigenvalue weighted by Gasteiger charge is 2.28. The second-order valence-electron chi connectivity index (χ2n) is 6.60. The minimum atomic E-state index is 0.123. The first-order chi connectivity index (χ1) is 12.2. The van der Waals surface area contributed by atoms with Crippen LogP contribution in [-0.2, 0) is 4.79 Å². The van der Waals surface area contributed by atoms with Gasteiger partial charge in [-0.25, -0.2) is 0 Å². The van der Waals surface area contributed by atoms with Gasteiger partial charge in [0, 0.05) is 30.1 Å². The number of rotatable bonds is 6. The normalized spacial score (nSPS) is 17.7. The first-order valence-corrected chi connectivity index (χ1v) is 9.42. The number of carbonyl (C=O) groups is 1. The molecule has 2 heterocycles. The monoisotopic (exact) mass is 361 g/mol. The standard InChI is InChI=1S/C19H24ClN3O2/c1-2-3-4-7-17(24)23-12-5-6-15(13-23)19-21-18(22-25-19)14-8-10-16(20)11-9-14/h8-11,15H,2-7,12-13H2,1H3. The van der Waals surface area contributed by atoms with Gasteiger partial charge in [0.25, 0.3) is 0 Å². The lowest BCUT2D eigenvalue weighted by atomic mass is 9.97. The maximum Gasteiger partial charge on any atom is 0.231 e. The SMILES string of the molecule is CCCCCC(=O)N1CCCC(c2nc(-c3ccc(Cl)cc3)no2)C1. The number of hydrogen-bond acceptors (Lipinski definition) is 4. The van der Waals surface area contributed by atoms with Crippen molar-refractivity contribution in [2.75, 3.05) is 13.1 Å². The van der Waals surface area contributed by atoms with E-state index in [0.29, 0.717) is 29.7 Å². The molecule has 1 fully saturated rings. The molecule has 1 aliphatic rings. The molecule has 1 aliphatic heterocycles. The fourth-order valence-corrected chi connectivity index (χ4v) is 3.33. The molecule has 1 saturated heterocycles. The molecule has 1 aromatic carbocycles. The van der Waals surface area contributed by atoms with Crippen LogP contribution in [0.2, 0.25) is 5.02 Å². The van der Waals surface area contributed by atoms with Gasteiger partial charge in [-0.1, -0.05) is 36.5 Å². The summed E-state index contributed by atoms with van der Waals surface area (Å²) in [4.78, 5) is 18.9. The van der Waals surface area contributed by atoms with E-state index < -0.39 is 0 Å². The molecule has 0 aliphatic carbocycles. The third-order valence-corrected chi connectivity index (χ3v) is 4.91. The van der Waals surface area contributed by atoms with E-state index in [9.17, 15) is 4.79 Å². The van der Waals surface area contributed by atoms with Gasteiger partial charge in [0.15, 0.2) is 0 Å². The Bertz CT molecular complexity index is 699. The topological polar surface area (TPSA) is 59.2 Å². The number of benzene rings is 1. The van der Waals surface area contributed by atoms with Crippen LogP contribution in [0.5, 0.6) is 0 Å². The summed E-state index contributed by atoms with van der Waals surface area (Å²) in [7, 11) is 0. The van der Waals surface area contributed by atoms with E-state index in [1.807, 2.05) is 29.2 Å². The summed E-state index contributed by atoms with van der Waals surface area (Å²) in [5.41, 5.74) is 0.878. The minimum absolute atomic E-state index is 0.123. The lowest BCUT2D eigenvalue weighted by molar-refractivity contribution is -0.132. The second kappa shape index (κ2) is 8.48. The van der Waals surface area contributed by atoms with Crippen LogP contribution < -0.4 is 0 Å². The summed E-state index contributed by atoms with van der Waals surface area (Å²) in [6, 6.07) is 7.37. The molecular weight excluding hydrogens is 338 g/mol. The Morgan fingerprint density at radius 1 is 1.32 bits per heavy atom. The molecule has 6 heteroatoms. The zero-order valence-corrected chi connectivity index (χ0v) is 15.3. The van der Waals surface area contributed by atoms with E-state index in [4.69, 9.17) is 16.1 Å². The van der Waals surface area contributed by atoms with Crippen LogP contribution in [0, 0.1) is 0 Å². The first kappa shape index (κ1) is 17.9. The Labute approximate surface area is 153 Å². The number of hydrogen-bond donors (Lipinski definition) is 0. The third kappa shape index (κ3) is 4.60. The van der Waals surface area contributed by atoms with Crippen molar-refractivity contribution in [1.82, 2.24) is 15.0 Å². The highest BCUT2D eigenvalue weighted by Crippen LogP contribution is 2.28. The highest BCUT2D eigenvalue weighted by molar-refractivity contribution is 6.30. The van der Waals surface area contributed by atoms with Crippen molar-refractivity contribution in [3.8, 4) is 11.4 Å². The van der Waals surface area contributed by atoms with Crippen LogP contribution in [0.15, 0.2) is 28.8 Å². The lowest BCUT2D eigenvalue weighted by Gasteiger charge is -2.31. The van der Waals surface area contributed by atoms with Crippen molar-refractivity contribution in [2.45, 2.75) is 51.4 Å². The van der Waals surface area contributed by atoms with E-state index >= 15 is 0 Å². The lowest BCUT2D eigenvalue weighted by Crippen LogP contribution is -2.39. The zero-order valence-electron chi connectivity index (χ0n) is 14.6. The van der Waals surface area contributed by atoms with Crippen LogP contribution in [0.4, 0.5) is 0 Å². The Kier molecular flexibility index (Phi) is 6.08. The summed E-state index contributed by atoms with van der Waals surface area (Å²) in [6.45, 7) is 3.65. The van der Waals surface area contributed by atoms with Crippen molar-refractivity contribution in [1.29, 1.82) is 0 Å². The summed E-state index contributed by atoms with van der Waals surface area (Å²) in [5.74, 6) is 1.56. The van der Waals surface area contributed by atoms with Crippen molar-refractivity contribution < 1.29 is 9.32 Å². The smallest absolute Gasteiger partial charge is 0.231 e. The number of halogens is 1. The van der Waals surface area contributed by atoms with E-state index in [0.717, 1.165) is 44.2 Å². The van der Waals surface area contributed by atoms with Crippen LogP contribution in [0.3, 0.4) is 0 Å². The first-order valence-electron chi connectivity index (χ1n) is 9.04. The van der Waals surface area contributed by atoms with Crippen molar-refractivity contribution in [2.24, 2.45) is 0 Å². The van der Waals surface area contributed by atoms with E-state index in [2.05, 4.69) is 17.1 Å². The number of carbonyl (C=O) groups excluding carboxylic acids is 1. The Hall–Kier alpha value is -1.88. The number of unbranched alkanes of at least 4 members (excludes halogenated alkanes) is 2. The van der Waals surface area contributed by atoms with E-state index in [1.54, 1.807) is 0 Å². The maximum atomic E-state index is 12.4. The predicted molar refractivity (Wildman–Crippen MR) is 97.4 cm³/mol. The van der Waals surface area contributed by atoms with Crippen LogP contribution in [0.1, 0.15) is 57.3 Å². The van der Waals surface area contributed by atoms with Crippen molar-refractivity contribution in [3.05, 3.63) is 35.2 Å².